The van der Waals surface area contributed by atoms with Crippen molar-refractivity contribution < 1.29 is 8.42 Å². The number of hydrogen-bond donors (Lipinski definition) is 2. The summed E-state index contributed by atoms with van der Waals surface area (Å²) >= 11 is 1.32. The molecule has 0 aliphatic carbocycles. The first-order chi connectivity index (χ1) is 8.36. The van der Waals surface area contributed by atoms with E-state index in [9.17, 15) is 8.42 Å². The summed E-state index contributed by atoms with van der Waals surface area (Å²) in [6.45, 7) is 8.88. The highest BCUT2D eigenvalue weighted by atomic mass is 32.2. The van der Waals surface area contributed by atoms with Crippen molar-refractivity contribution in [3.8, 4) is 0 Å². The number of nitrogens with one attached hydrogen (secondary N) is 2. The summed E-state index contributed by atoms with van der Waals surface area (Å²) in [5, 5.41) is 4.88. The average Bonchev–Trinajstić information content (AvgIpc) is 2.73. The van der Waals surface area contributed by atoms with Crippen molar-refractivity contribution in [2.24, 2.45) is 0 Å². The zero-order valence-electron chi connectivity index (χ0n) is 11.2. The van der Waals surface area contributed by atoms with Crippen molar-refractivity contribution in [3.63, 3.8) is 0 Å². The summed E-state index contributed by atoms with van der Waals surface area (Å²) in [4.78, 5) is 4.27. The van der Waals surface area contributed by atoms with Gasteiger partial charge in [0.25, 0.3) is 0 Å². The van der Waals surface area contributed by atoms with Crippen molar-refractivity contribution in [2.75, 3.05) is 17.8 Å². The van der Waals surface area contributed by atoms with Gasteiger partial charge in [0.15, 0.2) is 5.13 Å². The van der Waals surface area contributed by atoms with Gasteiger partial charge in [0, 0.05) is 11.9 Å². The molecule has 0 saturated heterocycles. The van der Waals surface area contributed by atoms with Gasteiger partial charge < -0.3 is 5.32 Å². The second kappa shape index (κ2) is 6.49. The number of rotatable bonds is 7. The van der Waals surface area contributed by atoms with Crippen molar-refractivity contribution in [2.45, 2.75) is 38.9 Å². The second-order valence-corrected chi connectivity index (χ2v) is 7.45. The van der Waals surface area contributed by atoms with Crippen molar-refractivity contribution in [1.82, 2.24) is 10.3 Å². The Morgan fingerprint density at radius 1 is 1.39 bits per heavy atom. The van der Waals surface area contributed by atoms with Crippen LogP contribution < -0.4 is 10.0 Å². The van der Waals surface area contributed by atoms with Crippen LogP contribution in [0.3, 0.4) is 0 Å². The molecule has 0 fully saturated rings. The lowest BCUT2D eigenvalue weighted by atomic mass is 10.2. The highest BCUT2D eigenvalue weighted by molar-refractivity contribution is 7.93. The third-order valence-electron chi connectivity index (χ3n) is 2.55. The lowest BCUT2D eigenvalue weighted by molar-refractivity contribution is 0.579. The van der Waals surface area contributed by atoms with Crippen LogP contribution in [0.5, 0.6) is 0 Å². The van der Waals surface area contributed by atoms with Crippen LogP contribution in [0.2, 0.25) is 0 Å². The van der Waals surface area contributed by atoms with E-state index >= 15 is 0 Å². The number of nitrogens with zero attached hydrogens (tertiary/aromatic N) is 1. The van der Waals surface area contributed by atoms with Crippen molar-refractivity contribution in [3.05, 3.63) is 11.1 Å². The van der Waals surface area contributed by atoms with E-state index in [0.717, 1.165) is 12.2 Å². The minimum Gasteiger partial charge on any atom is -0.316 e. The summed E-state index contributed by atoms with van der Waals surface area (Å²) in [7, 11) is -3.36. The van der Waals surface area contributed by atoms with Gasteiger partial charge in [-0.05, 0) is 19.4 Å². The van der Waals surface area contributed by atoms with Gasteiger partial charge in [0.05, 0.1) is 10.9 Å². The monoisotopic (exact) mass is 291 g/mol. The lowest BCUT2D eigenvalue weighted by Crippen LogP contribution is -2.34. The largest absolute Gasteiger partial charge is 0.316 e. The van der Waals surface area contributed by atoms with Crippen LogP contribution in [0.4, 0.5) is 5.13 Å². The Kier molecular flexibility index (Phi) is 5.55. The van der Waals surface area contributed by atoms with Crippen LogP contribution in [0.15, 0.2) is 5.38 Å². The summed E-state index contributed by atoms with van der Waals surface area (Å²) in [5.41, 5.74) is 0.914. The van der Waals surface area contributed by atoms with Crippen LogP contribution in [-0.4, -0.2) is 31.7 Å². The van der Waals surface area contributed by atoms with E-state index in [1.54, 1.807) is 6.92 Å². The van der Waals surface area contributed by atoms with Crippen molar-refractivity contribution >= 4 is 26.5 Å². The Morgan fingerprint density at radius 2 is 2.06 bits per heavy atom. The smallest absolute Gasteiger partial charge is 0.238 e. The van der Waals surface area contributed by atoms with Gasteiger partial charge in [-0.15, -0.1) is 11.3 Å². The fraction of sp³-hybridized carbons (Fsp3) is 0.727. The molecule has 1 aromatic rings. The zero-order valence-corrected chi connectivity index (χ0v) is 12.9. The molecule has 1 atom stereocenters. The predicted molar refractivity (Wildman–Crippen MR) is 76.8 cm³/mol. The Labute approximate surface area is 113 Å². The molecule has 1 heterocycles. The van der Waals surface area contributed by atoms with Crippen molar-refractivity contribution in [1.29, 1.82) is 0 Å². The van der Waals surface area contributed by atoms with E-state index in [0.29, 0.717) is 17.6 Å². The minimum absolute atomic E-state index is 0.304. The minimum atomic E-state index is -3.36. The topological polar surface area (TPSA) is 71.1 Å². The molecule has 0 saturated carbocycles. The number of hydrogen-bond acceptors (Lipinski definition) is 5. The van der Waals surface area contributed by atoms with Gasteiger partial charge in [-0.2, -0.15) is 0 Å². The lowest BCUT2D eigenvalue weighted by Gasteiger charge is -2.13. The van der Waals surface area contributed by atoms with E-state index in [4.69, 9.17) is 0 Å². The highest BCUT2D eigenvalue weighted by Crippen LogP contribution is 2.22. The maximum absolute atomic E-state index is 12.0. The normalized spacial score (nSPS) is 13.8. The van der Waals surface area contributed by atoms with Crippen LogP contribution in [0, 0.1) is 0 Å². The molecule has 5 nitrogen and oxygen atoms in total. The molecule has 104 valence electrons. The van der Waals surface area contributed by atoms with Gasteiger partial charge in [-0.25, -0.2) is 13.4 Å². The van der Waals surface area contributed by atoms with E-state index < -0.39 is 15.3 Å². The Hall–Kier alpha value is -0.660. The van der Waals surface area contributed by atoms with Crippen LogP contribution in [-0.2, 0) is 10.0 Å². The molecule has 1 aromatic heterocycles. The summed E-state index contributed by atoms with van der Waals surface area (Å²) in [6.07, 6.45) is 0. The average molecular weight is 291 g/mol. The molecular formula is C11H21N3O2S2. The summed E-state index contributed by atoms with van der Waals surface area (Å²) in [5.74, 6) is 0.304. The molecule has 0 aliphatic heterocycles. The Balaban J connectivity index is 2.69. The molecule has 7 heteroatoms. The molecule has 0 bridgehead atoms. The molecular weight excluding hydrogens is 270 g/mol. The molecule has 0 aliphatic rings. The SMILES string of the molecule is CCNCC(C)S(=O)(=O)Nc1nc(C(C)C)cs1. The molecule has 18 heavy (non-hydrogen) atoms. The maximum Gasteiger partial charge on any atom is 0.238 e. The van der Waals surface area contributed by atoms with Gasteiger partial charge in [0.2, 0.25) is 10.0 Å². The van der Waals surface area contributed by atoms with Gasteiger partial charge >= 0.3 is 0 Å². The quantitative estimate of drug-likeness (QED) is 0.806. The number of sulfonamides is 1. The maximum atomic E-state index is 12.0. The summed E-state index contributed by atoms with van der Waals surface area (Å²) in [6, 6.07) is 0. The fourth-order valence-corrected chi connectivity index (χ4v) is 3.36. The van der Waals surface area contributed by atoms with Gasteiger partial charge in [0.1, 0.15) is 0 Å². The van der Waals surface area contributed by atoms with E-state index in [2.05, 4.69) is 15.0 Å². The van der Waals surface area contributed by atoms with Gasteiger partial charge in [-0.1, -0.05) is 20.8 Å². The van der Waals surface area contributed by atoms with Gasteiger partial charge in [-0.3, -0.25) is 4.72 Å². The van der Waals surface area contributed by atoms with Crippen LogP contribution in [0.1, 0.15) is 39.3 Å². The molecule has 0 aromatic carbocycles. The molecule has 0 radical (unpaired) electrons. The summed E-state index contributed by atoms with van der Waals surface area (Å²) < 4.78 is 26.5. The molecule has 1 unspecified atom stereocenters. The number of thiazole rings is 1. The molecule has 0 amide bonds. The third-order valence-corrected chi connectivity index (χ3v) is 5.16. The first-order valence-electron chi connectivity index (χ1n) is 6.04. The van der Waals surface area contributed by atoms with E-state index in [-0.39, 0.29) is 0 Å². The fourth-order valence-electron chi connectivity index (χ4n) is 1.28. The zero-order chi connectivity index (χ0) is 13.8. The first kappa shape index (κ1) is 15.4. The van der Waals surface area contributed by atoms with Crippen LogP contribution >= 0.6 is 11.3 Å². The third kappa shape index (κ3) is 4.22. The first-order valence-corrected chi connectivity index (χ1v) is 8.47. The number of anilines is 1. The molecule has 2 N–H and O–H groups in total. The predicted octanol–water partition coefficient (Wildman–Crippen LogP) is 2.01. The van der Waals surface area contributed by atoms with Crippen LogP contribution in [0.25, 0.3) is 0 Å². The highest BCUT2D eigenvalue weighted by Gasteiger charge is 2.21. The number of aromatic nitrogens is 1. The Morgan fingerprint density at radius 3 is 2.56 bits per heavy atom. The molecule has 1 rings (SSSR count). The second-order valence-electron chi connectivity index (χ2n) is 4.50. The van der Waals surface area contributed by atoms with E-state index in [1.165, 1.54) is 11.3 Å². The molecule has 0 spiro atoms. The standard InChI is InChI=1S/C11H21N3O2S2/c1-5-12-6-9(4)18(15,16)14-11-13-10(7-17-11)8(2)3/h7-9,12H,5-6H2,1-4H3,(H,13,14). The Bertz CT molecular complexity index is 468. The van der Waals surface area contributed by atoms with E-state index in [1.807, 2.05) is 26.2 Å².